The van der Waals surface area contributed by atoms with Crippen LogP contribution in [0.2, 0.25) is 0 Å². The fourth-order valence-electron chi connectivity index (χ4n) is 11.4. The molecular formula is C64H68ClN13O10. The lowest BCUT2D eigenvalue weighted by Crippen LogP contribution is -2.52. The van der Waals surface area contributed by atoms with Crippen LogP contribution in [0.5, 0.6) is 11.5 Å². The second-order valence-electron chi connectivity index (χ2n) is 22.4. The minimum atomic E-state index is -0.555. The molecule has 0 spiro atoms. The molecule has 3 fully saturated rings. The molecule has 88 heavy (non-hydrogen) atoms. The van der Waals surface area contributed by atoms with Gasteiger partial charge < -0.3 is 38.8 Å². The normalized spacial score (nSPS) is 18.6. The number of benzene rings is 3. The monoisotopic (exact) mass is 1210 g/mol. The van der Waals surface area contributed by atoms with E-state index < -0.39 is 11.5 Å². The van der Waals surface area contributed by atoms with Crippen molar-refractivity contribution in [1.29, 1.82) is 0 Å². The summed E-state index contributed by atoms with van der Waals surface area (Å²) in [6.07, 6.45) is 19.1. The first-order valence-electron chi connectivity index (χ1n) is 29.1. The molecule has 5 aromatic heterocycles. The molecular weight excluding hydrogens is 1150 g/mol. The van der Waals surface area contributed by atoms with Gasteiger partial charge in [-0.05, 0) is 128 Å². The van der Waals surface area contributed by atoms with Gasteiger partial charge in [0.25, 0.3) is 0 Å². The molecule has 0 radical (unpaired) electrons. The maximum Gasteiger partial charge on any atom is 0.419 e. The van der Waals surface area contributed by atoms with Crippen molar-refractivity contribution in [1.82, 2.24) is 39.3 Å². The molecule has 3 saturated heterocycles. The zero-order chi connectivity index (χ0) is 61.8. The number of anilines is 5. The van der Waals surface area contributed by atoms with E-state index in [0.717, 1.165) is 65.1 Å². The van der Waals surface area contributed by atoms with Gasteiger partial charge in [-0.2, -0.15) is 15.3 Å². The fraction of sp³-hybridized carbons (Fsp3) is 0.344. The van der Waals surface area contributed by atoms with Crippen molar-refractivity contribution >= 4 is 69.2 Å². The summed E-state index contributed by atoms with van der Waals surface area (Å²) < 4.78 is 27.0. The SMILES string of the molecule is CC(=O)N1c2ccc(-c3cnn(C4COC4)c3)cc2CC[C@@H]1C.CC(=O)N1c2ccc(-c3cnn(C4COC4)c3)cc2N(C(=O)Cl)C[C@@H]1C.CC(=O)N1c2ccc(-c3cnn(C4COC4)c3)cc2N(C(=O)Oc2cccnc2)C[C@@H]1C.Oc1cccnc1. The van der Waals surface area contributed by atoms with Gasteiger partial charge in [0.15, 0.2) is 5.75 Å². The molecule has 8 aromatic rings. The van der Waals surface area contributed by atoms with Crippen LogP contribution in [0.25, 0.3) is 33.4 Å². The van der Waals surface area contributed by atoms with E-state index in [1.54, 1.807) is 70.7 Å². The highest BCUT2D eigenvalue weighted by Gasteiger charge is 2.37. The number of amides is 5. The number of halogens is 1. The Labute approximate surface area is 513 Å². The summed E-state index contributed by atoms with van der Waals surface area (Å²) in [4.78, 5) is 77.4. The van der Waals surface area contributed by atoms with Gasteiger partial charge in [0.2, 0.25) is 17.7 Å². The lowest BCUT2D eigenvalue weighted by molar-refractivity contribution is -0.117. The maximum atomic E-state index is 13.1. The van der Waals surface area contributed by atoms with Crippen molar-refractivity contribution in [2.45, 2.75) is 90.6 Å². The van der Waals surface area contributed by atoms with Crippen molar-refractivity contribution < 1.29 is 48.0 Å². The third-order valence-corrected chi connectivity index (χ3v) is 16.4. The number of hydrogen-bond donors (Lipinski definition) is 1. The number of carbonyl (C=O) groups is 5. The molecule has 5 amide bonds. The molecule has 6 aliphatic heterocycles. The van der Waals surface area contributed by atoms with Crippen LogP contribution < -0.4 is 29.2 Å². The third-order valence-electron chi connectivity index (χ3n) is 16.2. The highest BCUT2D eigenvalue weighted by atomic mass is 35.5. The van der Waals surface area contributed by atoms with Gasteiger partial charge in [-0.15, -0.1) is 0 Å². The smallest absolute Gasteiger partial charge is 0.419 e. The summed E-state index contributed by atoms with van der Waals surface area (Å²) in [6, 6.07) is 25.2. The summed E-state index contributed by atoms with van der Waals surface area (Å²) in [5.74, 6) is 0.544. The van der Waals surface area contributed by atoms with Crippen LogP contribution >= 0.6 is 11.6 Å². The quantitative estimate of drug-likeness (QED) is 0.115. The Balaban J connectivity index is 0.000000130. The zero-order valence-corrected chi connectivity index (χ0v) is 50.4. The molecule has 1 N–H and O–H groups in total. The molecule has 0 bridgehead atoms. The number of ether oxygens (including phenoxy) is 4. The first-order chi connectivity index (χ1) is 42.5. The van der Waals surface area contributed by atoms with Gasteiger partial charge in [-0.1, -0.05) is 18.2 Å². The molecule has 11 heterocycles. The number of fused-ring (bicyclic) bond motifs is 3. The van der Waals surface area contributed by atoms with Gasteiger partial charge in [0.05, 0.1) is 124 Å². The molecule has 14 rings (SSSR count). The van der Waals surface area contributed by atoms with E-state index in [4.69, 9.17) is 35.7 Å². The Morgan fingerprint density at radius 2 is 0.943 bits per heavy atom. The Kier molecular flexibility index (Phi) is 18.1. The van der Waals surface area contributed by atoms with E-state index in [1.807, 2.05) is 87.8 Å². The number of pyridine rings is 2. The minimum Gasteiger partial charge on any atom is -0.506 e. The molecule has 0 aliphatic carbocycles. The average molecular weight is 1210 g/mol. The fourth-order valence-corrected chi connectivity index (χ4v) is 11.6. The van der Waals surface area contributed by atoms with E-state index in [9.17, 15) is 24.0 Å². The average Bonchev–Trinajstić information content (AvgIpc) is 2.31. The van der Waals surface area contributed by atoms with Gasteiger partial charge in [0, 0.05) is 93.3 Å². The van der Waals surface area contributed by atoms with Crippen LogP contribution in [0, 0.1) is 0 Å². The standard InChI is InChI=1S/C23H23N5O4.C18H19ClN4O3.C18H21N3O2.C5H5NO/c1-15-11-26(23(30)32-20-4-3-7-24-10-20)22-8-17(5-6-21(22)28(15)16(2)29)18-9-25-27(12-18)19-13-31-14-19;1-11-7-21(18(19)25)17-5-13(3-4-16(17)23(11)12(2)24)14-6-20-22(8-14)15-9-26-10-15;1-12-3-4-15-7-14(5-6-18(15)21(12)13(2)22)16-8-19-20(9-16)17-10-23-11-17;7-5-2-1-3-6-4-5/h3-10,12,15,19H,11,13-14H2,1-2H3;3-6,8,11,15H,7,9-10H2,1-2H3;5-9,12,17H,3-4,10-11H2,1-2H3;1-4,7H/t15-;11-;12-;/m000./s1. The van der Waals surface area contributed by atoms with Crippen LogP contribution in [0.3, 0.4) is 0 Å². The summed E-state index contributed by atoms with van der Waals surface area (Å²) in [7, 11) is 0. The number of rotatable bonds is 7. The van der Waals surface area contributed by atoms with Crippen LogP contribution in [0.15, 0.2) is 141 Å². The zero-order valence-electron chi connectivity index (χ0n) is 49.6. The molecule has 6 aliphatic rings. The molecule has 0 saturated carbocycles. The molecule has 0 unspecified atom stereocenters. The molecule has 24 heteroatoms. The topological polar surface area (TPSA) is 238 Å². The lowest BCUT2D eigenvalue weighted by atomic mass is 9.94. The predicted molar refractivity (Wildman–Crippen MR) is 331 cm³/mol. The van der Waals surface area contributed by atoms with Gasteiger partial charge in [-0.25, -0.2) is 4.79 Å². The summed E-state index contributed by atoms with van der Waals surface area (Å²) in [5, 5.41) is 21.3. The highest BCUT2D eigenvalue weighted by molar-refractivity contribution is 6.66. The largest absolute Gasteiger partial charge is 0.506 e. The Hall–Kier alpha value is -9.29. The Morgan fingerprint density at radius 3 is 1.34 bits per heavy atom. The summed E-state index contributed by atoms with van der Waals surface area (Å²) in [5.41, 5.74) is 10.9. The minimum absolute atomic E-state index is 0.0639. The van der Waals surface area contributed by atoms with Crippen LogP contribution in [0.1, 0.15) is 71.7 Å². The van der Waals surface area contributed by atoms with Gasteiger partial charge in [-0.3, -0.25) is 53.0 Å². The van der Waals surface area contributed by atoms with Crippen LogP contribution in [0.4, 0.5) is 38.0 Å². The van der Waals surface area contributed by atoms with E-state index in [0.29, 0.717) is 74.1 Å². The lowest BCUT2D eigenvalue weighted by Gasteiger charge is -2.40. The van der Waals surface area contributed by atoms with E-state index in [2.05, 4.69) is 56.6 Å². The van der Waals surface area contributed by atoms with Crippen molar-refractivity contribution in [3.05, 3.63) is 146 Å². The first-order valence-corrected chi connectivity index (χ1v) is 29.5. The Morgan fingerprint density at radius 1 is 0.511 bits per heavy atom. The summed E-state index contributed by atoms with van der Waals surface area (Å²) >= 11 is 5.80. The molecule has 3 aromatic carbocycles. The van der Waals surface area contributed by atoms with E-state index >= 15 is 0 Å². The second-order valence-corrected chi connectivity index (χ2v) is 22.8. The number of nitrogens with zero attached hydrogens (tertiary/aromatic N) is 13. The maximum absolute atomic E-state index is 13.1. The molecule has 456 valence electrons. The van der Waals surface area contributed by atoms with Crippen molar-refractivity contribution in [2.75, 3.05) is 77.2 Å². The third kappa shape index (κ3) is 13.0. The number of carbonyl (C=O) groups excluding carboxylic acids is 5. The highest BCUT2D eigenvalue weighted by Crippen LogP contribution is 2.42. The van der Waals surface area contributed by atoms with Gasteiger partial charge >= 0.3 is 11.5 Å². The van der Waals surface area contributed by atoms with E-state index in [-0.39, 0.29) is 53.7 Å². The van der Waals surface area contributed by atoms with Crippen LogP contribution in [-0.2, 0) is 35.0 Å². The number of aromatic nitrogens is 8. The molecule has 3 atom stereocenters. The Bertz CT molecular complexity index is 3830. The number of hydrogen-bond acceptors (Lipinski definition) is 15. The number of aryl methyl sites for hydroxylation is 1. The number of aromatic hydroxyl groups is 1. The summed E-state index contributed by atoms with van der Waals surface area (Å²) in [6.45, 7) is 15.4. The van der Waals surface area contributed by atoms with Gasteiger partial charge in [0.1, 0.15) is 5.75 Å². The van der Waals surface area contributed by atoms with Crippen molar-refractivity contribution in [2.24, 2.45) is 0 Å². The van der Waals surface area contributed by atoms with Crippen molar-refractivity contribution in [3.63, 3.8) is 0 Å². The first kappa shape index (κ1) is 60.4. The second kappa shape index (κ2) is 26.4. The van der Waals surface area contributed by atoms with Crippen molar-refractivity contribution in [3.8, 4) is 44.9 Å². The van der Waals surface area contributed by atoms with Crippen LogP contribution in [-0.4, -0.2) is 144 Å². The molecule has 23 nitrogen and oxygen atoms in total. The predicted octanol–water partition coefficient (Wildman–Crippen LogP) is 9.91. The van der Waals surface area contributed by atoms with E-state index in [1.165, 1.54) is 36.7 Å².